The fraction of sp³-hybridized carbons (Fsp3) is 0.583. The van der Waals surface area contributed by atoms with E-state index >= 15 is 0 Å². The molecule has 8 heteroatoms. The summed E-state index contributed by atoms with van der Waals surface area (Å²) in [6, 6.07) is 2.32. The number of halogens is 2. The van der Waals surface area contributed by atoms with E-state index in [0.717, 1.165) is 6.07 Å². The number of hydrogen-bond acceptors (Lipinski definition) is 4. The SMILES string of the molecule is CCc1nc(C(F)F)ccc1S(=O)(=O)N1CCNCC1. The molecule has 0 bridgehead atoms. The van der Waals surface area contributed by atoms with Crippen molar-refractivity contribution in [2.45, 2.75) is 24.7 Å². The molecule has 0 atom stereocenters. The van der Waals surface area contributed by atoms with Crippen LogP contribution in [0.1, 0.15) is 24.7 Å². The minimum atomic E-state index is -3.66. The van der Waals surface area contributed by atoms with Gasteiger partial charge in [-0.1, -0.05) is 6.92 Å². The second-order valence-electron chi connectivity index (χ2n) is 4.49. The van der Waals surface area contributed by atoms with Gasteiger partial charge >= 0.3 is 0 Å². The zero-order valence-electron chi connectivity index (χ0n) is 11.1. The molecular formula is C12H17F2N3O2S. The average Bonchev–Trinajstić information content (AvgIpc) is 2.47. The van der Waals surface area contributed by atoms with E-state index in [9.17, 15) is 17.2 Å². The molecule has 2 rings (SSSR count). The molecular weight excluding hydrogens is 288 g/mol. The zero-order chi connectivity index (χ0) is 14.8. The molecule has 0 aromatic carbocycles. The summed E-state index contributed by atoms with van der Waals surface area (Å²) < 4.78 is 51.7. The molecule has 2 heterocycles. The molecule has 5 nitrogen and oxygen atoms in total. The van der Waals surface area contributed by atoms with E-state index in [1.165, 1.54) is 10.4 Å². The van der Waals surface area contributed by atoms with E-state index in [1.807, 2.05) is 0 Å². The van der Waals surface area contributed by atoms with Crippen LogP contribution in [0.4, 0.5) is 8.78 Å². The maximum absolute atomic E-state index is 12.6. The summed E-state index contributed by atoms with van der Waals surface area (Å²) in [4.78, 5) is 3.81. The number of pyridine rings is 1. The summed E-state index contributed by atoms with van der Waals surface area (Å²) in [6.07, 6.45) is -2.41. The van der Waals surface area contributed by atoms with Gasteiger partial charge in [-0.15, -0.1) is 0 Å². The number of sulfonamides is 1. The van der Waals surface area contributed by atoms with E-state index in [-0.39, 0.29) is 16.3 Å². The Balaban J connectivity index is 2.40. The predicted molar refractivity (Wildman–Crippen MR) is 70.2 cm³/mol. The number of aromatic nitrogens is 1. The van der Waals surface area contributed by atoms with Gasteiger partial charge in [-0.3, -0.25) is 4.98 Å². The van der Waals surface area contributed by atoms with Gasteiger partial charge in [-0.25, -0.2) is 17.2 Å². The Labute approximate surface area is 117 Å². The molecule has 0 spiro atoms. The Kier molecular flexibility index (Phi) is 4.66. The number of aryl methyl sites for hydroxylation is 1. The van der Waals surface area contributed by atoms with Gasteiger partial charge < -0.3 is 5.32 Å². The topological polar surface area (TPSA) is 62.3 Å². The third-order valence-corrected chi connectivity index (χ3v) is 5.18. The molecule has 0 amide bonds. The monoisotopic (exact) mass is 305 g/mol. The smallest absolute Gasteiger partial charge is 0.280 e. The summed E-state index contributed by atoms with van der Waals surface area (Å²) in [6.45, 7) is 3.63. The number of alkyl halides is 2. The largest absolute Gasteiger partial charge is 0.314 e. The molecule has 0 saturated carbocycles. The number of rotatable bonds is 4. The van der Waals surface area contributed by atoms with Gasteiger partial charge in [0, 0.05) is 26.2 Å². The summed E-state index contributed by atoms with van der Waals surface area (Å²) in [7, 11) is -3.66. The molecule has 1 aliphatic rings. The lowest BCUT2D eigenvalue weighted by atomic mass is 10.2. The first-order chi connectivity index (χ1) is 9.46. The van der Waals surface area contributed by atoms with Crippen LogP contribution in [0.15, 0.2) is 17.0 Å². The molecule has 1 aromatic rings. The normalized spacial score (nSPS) is 17.6. The Hall–Kier alpha value is -1.12. The zero-order valence-corrected chi connectivity index (χ0v) is 12.0. The van der Waals surface area contributed by atoms with E-state index in [4.69, 9.17) is 0 Å². The van der Waals surface area contributed by atoms with Crippen LogP contribution in [-0.4, -0.2) is 43.9 Å². The summed E-state index contributed by atoms with van der Waals surface area (Å²) in [5, 5.41) is 3.07. The molecule has 112 valence electrons. The Morgan fingerprint density at radius 3 is 2.55 bits per heavy atom. The van der Waals surface area contributed by atoms with Crippen molar-refractivity contribution in [3.8, 4) is 0 Å². The predicted octanol–water partition coefficient (Wildman–Crippen LogP) is 1.18. The van der Waals surface area contributed by atoms with Crippen LogP contribution in [0, 0.1) is 0 Å². The van der Waals surface area contributed by atoms with Crippen molar-refractivity contribution in [2.75, 3.05) is 26.2 Å². The standard InChI is InChI=1S/C12H17F2N3O2S/c1-2-9-11(4-3-10(16-9)12(13)14)20(18,19)17-7-5-15-6-8-17/h3-4,12,15H,2,5-8H2,1H3. The molecule has 0 radical (unpaired) electrons. The Bertz CT molecular complexity index is 572. The fourth-order valence-electron chi connectivity index (χ4n) is 2.14. The summed E-state index contributed by atoms with van der Waals surface area (Å²) in [5.41, 5.74) is -0.192. The maximum atomic E-state index is 12.6. The van der Waals surface area contributed by atoms with Gasteiger partial charge in [0.05, 0.1) is 5.69 Å². The third-order valence-electron chi connectivity index (χ3n) is 3.21. The van der Waals surface area contributed by atoms with Crippen molar-refractivity contribution in [3.63, 3.8) is 0 Å². The first-order valence-electron chi connectivity index (χ1n) is 6.45. The van der Waals surface area contributed by atoms with Crippen molar-refractivity contribution in [3.05, 3.63) is 23.5 Å². The van der Waals surface area contributed by atoms with Crippen molar-refractivity contribution in [2.24, 2.45) is 0 Å². The molecule has 0 unspecified atom stereocenters. The minimum Gasteiger partial charge on any atom is -0.314 e. The van der Waals surface area contributed by atoms with E-state index in [2.05, 4.69) is 10.3 Å². The molecule has 1 saturated heterocycles. The average molecular weight is 305 g/mol. The lowest BCUT2D eigenvalue weighted by molar-refractivity contribution is 0.145. The molecule has 1 aliphatic heterocycles. The van der Waals surface area contributed by atoms with Crippen LogP contribution in [0.2, 0.25) is 0 Å². The summed E-state index contributed by atoms with van der Waals surface area (Å²) in [5.74, 6) is 0. The Morgan fingerprint density at radius 2 is 2.00 bits per heavy atom. The highest BCUT2D eigenvalue weighted by atomic mass is 32.2. The first-order valence-corrected chi connectivity index (χ1v) is 7.89. The fourth-order valence-corrected chi connectivity index (χ4v) is 3.81. The first kappa shape index (κ1) is 15.3. The van der Waals surface area contributed by atoms with Crippen LogP contribution in [0.5, 0.6) is 0 Å². The van der Waals surface area contributed by atoms with Crippen LogP contribution < -0.4 is 5.32 Å². The van der Waals surface area contributed by atoms with Crippen molar-refractivity contribution in [1.29, 1.82) is 0 Å². The molecule has 0 aliphatic carbocycles. The number of nitrogens with zero attached hydrogens (tertiary/aromatic N) is 2. The van der Waals surface area contributed by atoms with Crippen LogP contribution in [0.25, 0.3) is 0 Å². The highest BCUT2D eigenvalue weighted by Crippen LogP contribution is 2.24. The van der Waals surface area contributed by atoms with E-state index in [1.54, 1.807) is 6.92 Å². The van der Waals surface area contributed by atoms with Gasteiger partial charge in [0.15, 0.2) is 0 Å². The molecule has 1 aromatic heterocycles. The van der Waals surface area contributed by atoms with Crippen LogP contribution in [-0.2, 0) is 16.4 Å². The van der Waals surface area contributed by atoms with Gasteiger partial charge in [-0.2, -0.15) is 4.31 Å². The quantitative estimate of drug-likeness (QED) is 0.907. The number of hydrogen-bond donors (Lipinski definition) is 1. The van der Waals surface area contributed by atoms with Gasteiger partial charge in [0.25, 0.3) is 6.43 Å². The summed E-state index contributed by atoms with van der Waals surface area (Å²) >= 11 is 0. The van der Waals surface area contributed by atoms with Gasteiger partial charge in [-0.05, 0) is 18.6 Å². The van der Waals surface area contributed by atoms with Gasteiger partial charge in [0.2, 0.25) is 10.0 Å². The van der Waals surface area contributed by atoms with Crippen LogP contribution in [0.3, 0.4) is 0 Å². The maximum Gasteiger partial charge on any atom is 0.280 e. The highest BCUT2D eigenvalue weighted by Gasteiger charge is 2.28. The molecule has 1 N–H and O–H groups in total. The molecule has 1 fully saturated rings. The third kappa shape index (κ3) is 2.97. The minimum absolute atomic E-state index is 0.0336. The number of piperazine rings is 1. The number of nitrogens with one attached hydrogen (secondary N) is 1. The van der Waals surface area contributed by atoms with E-state index < -0.39 is 16.4 Å². The van der Waals surface area contributed by atoms with Crippen molar-refractivity contribution < 1.29 is 17.2 Å². The van der Waals surface area contributed by atoms with E-state index in [0.29, 0.717) is 32.6 Å². The lowest BCUT2D eigenvalue weighted by Gasteiger charge is -2.27. The van der Waals surface area contributed by atoms with Crippen molar-refractivity contribution >= 4 is 10.0 Å². The Morgan fingerprint density at radius 1 is 1.35 bits per heavy atom. The lowest BCUT2D eigenvalue weighted by Crippen LogP contribution is -2.46. The molecule has 20 heavy (non-hydrogen) atoms. The van der Waals surface area contributed by atoms with Gasteiger partial charge in [0.1, 0.15) is 10.6 Å². The van der Waals surface area contributed by atoms with Crippen LogP contribution >= 0.6 is 0 Å². The van der Waals surface area contributed by atoms with Crippen molar-refractivity contribution in [1.82, 2.24) is 14.6 Å². The second kappa shape index (κ2) is 6.11. The highest BCUT2D eigenvalue weighted by molar-refractivity contribution is 7.89. The second-order valence-corrected chi connectivity index (χ2v) is 6.40.